The largest absolute Gasteiger partial charge is 0.497 e. The van der Waals surface area contributed by atoms with E-state index in [9.17, 15) is 8.42 Å². The summed E-state index contributed by atoms with van der Waals surface area (Å²) in [6.45, 7) is 7.78. The maximum Gasteiger partial charge on any atom is 0.194 e. The Bertz CT molecular complexity index is 990. The summed E-state index contributed by atoms with van der Waals surface area (Å²) in [5.74, 6) is 1.76. The van der Waals surface area contributed by atoms with E-state index in [0.717, 1.165) is 34.6 Å². The summed E-state index contributed by atoms with van der Waals surface area (Å²) in [5, 5.41) is 5.57. The number of fused-ring (bicyclic) bond motifs is 1. The van der Waals surface area contributed by atoms with Crippen molar-refractivity contribution in [2.75, 3.05) is 32.5 Å². The maximum atomic E-state index is 12.3. The van der Waals surface area contributed by atoms with Gasteiger partial charge in [0.1, 0.15) is 5.75 Å². The number of aliphatic imine (C=N–C) groups is 1. The van der Waals surface area contributed by atoms with E-state index in [4.69, 9.17) is 9.73 Å². The minimum Gasteiger partial charge on any atom is -0.497 e. The smallest absolute Gasteiger partial charge is 0.194 e. The van der Waals surface area contributed by atoms with Gasteiger partial charge in [0.25, 0.3) is 0 Å². The van der Waals surface area contributed by atoms with E-state index >= 15 is 0 Å². The Morgan fingerprint density at radius 1 is 1.21 bits per heavy atom. The van der Waals surface area contributed by atoms with E-state index < -0.39 is 14.6 Å². The van der Waals surface area contributed by atoms with E-state index in [0.29, 0.717) is 19.6 Å². The molecule has 1 fully saturated rings. The first-order chi connectivity index (χ1) is 13.3. The van der Waals surface area contributed by atoms with Crippen LogP contribution in [0.25, 0.3) is 10.8 Å². The van der Waals surface area contributed by atoms with Crippen molar-refractivity contribution in [3.63, 3.8) is 0 Å². The summed E-state index contributed by atoms with van der Waals surface area (Å²) in [4.78, 5) is 6.83. The molecular weight excluding hydrogens is 501 g/mol. The average molecular weight is 531 g/mol. The van der Waals surface area contributed by atoms with Gasteiger partial charge in [-0.2, -0.15) is 0 Å². The van der Waals surface area contributed by atoms with Crippen LogP contribution >= 0.6 is 24.0 Å². The fourth-order valence-corrected chi connectivity index (χ4v) is 4.78. The minimum atomic E-state index is -3.07. The predicted octanol–water partition coefficient (Wildman–Crippen LogP) is 3.44. The Morgan fingerprint density at radius 3 is 2.55 bits per heavy atom. The number of rotatable bonds is 4. The lowest BCUT2D eigenvalue weighted by Crippen LogP contribution is -2.57. The number of nitrogens with zero attached hydrogens (tertiary/aromatic N) is 2. The van der Waals surface area contributed by atoms with Crippen LogP contribution in [0.4, 0.5) is 0 Å². The number of benzene rings is 2. The highest BCUT2D eigenvalue weighted by Crippen LogP contribution is 2.24. The Hall–Kier alpha value is -1.55. The molecule has 8 heteroatoms. The van der Waals surface area contributed by atoms with E-state index in [-0.39, 0.29) is 29.7 Å². The predicted molar refractivity (Wildman–Crippen MR) is 130 cm³/mol. The second-order valence-corrected chi connectivity index (χ2v) is 10.5. The highest BCUT2D eigenvalue weighted by Gasteiger charge is 2.40. The van der Waals surface area contributed by atoms with E-state index in [1.165, 1.54) is 0 Å². The number of ether oxygens (including phenoxy) is 1. The Balaban J connectivity index is 0.00000300. The number of hydrogen-bond donors (Lipinski definition) is 1. The number of nitrogens with one attached hydrogen (secondary N) is 1. The second-order valence-electron chi connectivity index (χ2n) is 7.72. The molecule has 0 aliphatic carbocycles. The number of guanidine groups is 1. The number of halogens is 1. The lowest BCUT2D eigenvalue weighted by atomic mass is 10.1. The third kappa shape index (κ3) is 5.33. The van der Waals surface area contributed by atoms with Crippen LogP contribution in [-0.4, -0.2) is 56.5 Å². The molecule has 0 aromatic heterocycles. The lowest BCUT2D eigenvalue weighted by molar-refractivity contribution is 0.353. The van der Waals surface area contributed by atoms with Crippen LogP contribution in [0.15, 0.2) is 41.4 Å². The normalized spacial score (nSPS) is 18.2. The molecule has 6 nitrogen and oxygen atoms in total. The number of sulfone groups is 1. The molecule has 0 atom stereocenters. The third-order valence-electron chi connectivity index (χ3n) is 5.20. The van der Waals surface area contributed by atoms with Gasteiger partial charge in [-0.1, -0.05) is 18.2 Å². The Morgan fingerprint density at radius 2 is 1.90 bits per heavy atom. The van der Waals surface area contributed by atoms with Gasteiger partial charge in [-0.3, -0.25) is 0 Å². The molecule has 0 radical (unpaired) electrons. The van der Waals surface area contributed by atoms with Gasteiger partial charge < -0.3 is 15.0 Å². The highest BCUT2D eigenvalue weighted by molar-refractivity contribution is 14.0. The topological polar surface area (TPSA) is 71.0 Å². The molecule has 0 spiro atoms. The number of methoxy groups -OCH3 is 1. The van der Waals surface area contributed by atoms with Crippen molar-refractivity contribution in [1.82, 2.24) is 10.2 Å². The van der Waals surface area contributed by atoms with E-state index in [2.05, 4.69) is 28.4 Å². The van der Waals surface area contributed by atoms with E-state index in [1.807, 2.05) is 25.1 Å². The van der Waals surface area contributed by atoms with Crippen LogP contribution in [-0.2, 0) is 16.4 Å². The molecule has 1 saturated heterocycles. The quantitative estimate of drug-likeness (QED) is 0.372. The molecule has 0 bridgehead atoms. The Kier molecular flexibility index (Phi) is 7.78. The monoisotopic (exact) mass is 531 g/mol. The first-order valence-electron chi connectivity index (χ1n) is 9.58. The molecule has 160 valence electrons. The van der Waals surface area contributed by atoms with Crippen molar-refractivity contribution in [1.29, 1.82) is 0 Å². The van der Waals surface area contributed by atoms with Gasteiger partial charge >= 0.3 is 0 Å². The van der Waals surface area contributed by atoms with Gasteiger partial charge in [-0.05, 0) is 55.3 Å². The lowest BCUT2D eigenvalue weighted by Gasteiger charge is -2.39. The molecule has 2 aromatic carbocycles. The highest BCUT2D eigenvalue weighted by atomic mass is 127. The molecule has 0 saturated carbocycles. The number of hydrogen-bond acceptors (Lipinski definition) is 4. The molecule has 1 N–H and O–H groups in total. The molecule has 0 amide bonds. The summed E-state index contributed by atoms with van der Waals surface area (Å²) in [6, 6.07) is 12.3. The van der Waals surface area contributed by atoms with Crippen LogP contribution in [0.2, 0.25) is 0 Å². The summed E-state index contributed by atoms with van der Waals surface area (Å²) < 4.78 is 29.1. The van der Waals surface area contributed by atoms with Crippen LogP contribution < -0.4 is 10.1 Å². The third-order valence-corrected chi connectivity index (χ3v) is 7.73. The SMILES string of the molecule is CCNC(=NCc1ccc2cc(OC)ccc2c1)N1CCS(=O)(=O)C(C)(C)C1.I. The molecule has 1 aliphatic rings. The van der Waals surface area contributed by atoms with Crippen molar-refractivity contribution in [3.8, 4) is 5.75 Å². The van der Waals surface area contributed by atoms with Gasteiger partial charge in [0.05, 0.1) is 24.2 Å². The zero-order valence-corrected chi connectivity index (χ0v) is 20.6. The van der Waals surface area contributed by atoms with Gasteiger partial charge in [0.15, 0.2) is 15.8 Å². The van der Waals surface area contributed by atoms with Gasteiger partial charge in [0.2, 0.25) is 0 Å². The van der Waals surface area contributed by atoms with Crippen molar-refractivity contribution >= 4 is 50.5 Å². The zero-order chi connectivity index (χ0) is 20.4. The molecule has 3 rings (SSSR count). The fraction of sp³-hybridized carbons (Fsp3) is 0.476. The second kappa shape index (κ2) is 9.51. The molecule has 1 aliphatic heterocycles. The van der Waals surface area contributed by atoms with Crippen molar-refractivity contribution in [2.24, 2.45) is 4.99 Å². The summed E-state index contributed by atoms with van der Waals surface area (Å²) in [6.07, 6.45) is 0. The first kappa shape index (κ1) is 23.7. The first-order valence-corrected chi connectivity index (χ1v) is 11.2. The Labute approximate surface area is 190 Å². The van der Waals surface area contributed by atoms with Crippen LogP contribution in [0.3, 0.4) is 0 Å². The molecule has 1 heterocycles. The van der Waals surface area contributed by atoms with Crippen LogP contribution in [0, 0.1) is 0 Å². The minimum absolute atomic E-state index is 0. The molecule has 2 aromatic rings. The zero-order valence-electron chi connectivity index (χ0n) is 17.4. The summed E-state index contributed by atoms with van der Waals surface area (Å²) in [7, 11) is -1.41. The van der Waals surface area contributed by atoms with Crippen LogP contribution in [0.5, 0.6) is 5.75 Å². The summed E-state index contributed by atoms with van der Waals surface area (Å²) >= 11 is 0. The standard InChI is InChI=1S/C21H29N3O3S.HI/c1-5-22-20(24-10-11-28(25,26)21(2,3)15-24)23-14-16-6-7-18-13-19(27-4)9-8-17(18)12-16;/h6-9,12-13H,5,10-11,14-15H2,1-4H3,(H,22,23);1H. The molecule has 0 unspecified atom stereocenters. The molecule has 29 heavy (non-hydrogen) atoms. The maximum absolute atomic E-state index is 12.3. The van der Waals surface area contributed by atoms with Crippen molar-refractivity contribution in [3.05, 3.63) is 42.0 Å². The van der Waals surface area contributed by atoms with Crippen molar-refractivity contribution < 1.29 is 13.2 Å². The van der Waals surface area contributed by atoms with Crippen molar-refractivity contribution in [2.45, 2.75) is 32.1 Å². The van der Waals surface area contributed by atoms with Gasteiger partial charge in [-0.15, -0.1) is 24.0 Å². The van der Waals surface area contributed by atoms with Gasteiger partial charge in [0, 0.05) is 19.6 Å². The van der Waals surface area contributed by atoms with Gasteiger partial charge in [-0.25, -0.2) is 13.4 Å². The molecular formula is C21H30IN3O3S. The van der Waals surface area contributed by atoms with E-state index in [1.54, 1.807) is 21.0 Å². The fourth-order valence-electron chi connectivity index (χ4n) is 3.42. The average Bonchev–Trinajstić information content (AvgIpc) is 2.66. The summed E-state index contributed by atoms with van der Waals surface area (Å²) in [5.41, 5.74) is 1.11. The van der Waals surface area contributed by atoms with Crippen LogP contribution in [0.1, 0.15) is 26.3 Å².